The van der Waals surface area contributed by atoms with Crippen molar-refractivity contribution in [1.82, 2.24) is 0 Å². The van der Waals surface area contributed by atoms with Crippen LogP contribution in [0.4, 0.5) is 13.2 Å². The molecule has 2 N–H and O–H groups in total. The minimum absolute atomic E-state index is 0.0614. The Morgan fingerprint density at radius 2 is 1.68 bits per heavy atom. The molecule has 0 bridgehead atoms. The highest BCUT2D eigenvalue weighted by Gasteiger charge is 2.16. The van der Waals surface area contributed by atoms with Crippen LogP contribution in [0.25, 0.3) is 0 Å². The van der Waals surface area contributed by atoms with Crippen LogP contribution in [0.5, 0.6) is 0 Å². The third-order valence-electron chi connectivity index (χ3n) is 3.08. The second-order valence-corrected chi connectivity index (χ2v) is 4.52. The quantitative estimate of drug-likeness (QED) is 0.900. The van der Waals surface area contributed by atoms with Gasteiger partial charge in [-0.05, 0) is 42.7 Å². The van der Waals surface area contributed by atoms with E-state index in [9.17, 15) is 13.2 Å². The third-order valence-corrected chi connectivity index (χ3v) is 3.08. The third kappa shape index (κ3) is 2.96. The van der Waals surface area contributed by atoms with Gasteiger partial charge in [-0.1, -0.05) is 18.2 Å². The van der Waals surface area contributed by atoms with Crippen LogP contribution in [0.3, 0.4) is 0 Å². The minimum atomic E-state index is -0.785. The largest absolute Gasteiger partial charge is 0.324 e. The molecule has 2 aromatic rings. The van der Waals surface area contributed by atoms with Crippen LogP contribution >= 0.6 is 0 Å². The molecular formula is C15H14F3N. The van der Waals surface area contributed by atoms with Crippen LogP contribution in [0.2, 0.25) is 0 Å². The molecule has 0 heterocycles. The molecule has 100 valence electrons. The molecule has 0 aliphatic rings. The van der Waals surface area contributed by atoms with Crippen LogP contribution in [0.15, 0.2) is 36.4 Å². The van der Waals surface area contributed by atoms with Gasteiger partial charge in [0.2, 0.25) is 0 Å². The van der Waals surface area contributed by atoms with E-state index in [2.05, 4.69) is 0 Å². The Bertz CT molecular complexity index is 596. The molecule has 0 fully saturated rings. The molecule has 1 atom stereocenters. The van der Waals surface area contributed by atoms with Gasteiger partial charge in [0, 0.05) is 11.6 Å². The molecule has 1 nitrogen and oxygen atoms in total. The fraction of sp³-hybridized carbons (Fsp3) is 0.200. The predicted octanol–water partition coefficient (Wildman–Crippen LogP) is 3.65. The summed E-state index contributed by atoms with van der Waals surface area (Å²) in [6.45, 7) is 1.48. The Morgan fingerprint density at radius 1 is 1.00 bits per heavy atom. The Kier molecular flexibility index (Phi) is 3.90. The maximum atomic E-state index is 13.7. The van der Waals surface area contributed by atoms with E-state index in [0.717, 1.165) is 12.1 Å². The molecule has 2 rings (SSSR count). The molecule has 0 aromatic heterocycles. The molecule has 19 heavy (non-hydrogen) atoms. The van der Waals surface area contributed by atoms with Gasteiger partial charge >= 0.3 is 0 Å². The lowest BCUT2D eigenvalue weighted by Gasteiger charge is -2.14. The zero-order valence-corrected chi connectivity index (χ0v) is 10.5. The molecule has 0 aliphatic heterocycles. The number of hydrogen-bond donors (Lipinski definition) is 1. The maximum absolute atomic E-state index is 13.7. The Hall–Kier alpha value is -1.81. The van der Waals surface area contributed by atoms with Gasteiger partial charge < -0.3 is 5.73 Å². The van der Waals surface area contributed by atoms with Crippen molar-refractivity contribution in [2.75, 3.05) is 0 Å². The average Bonchev–Trinajstić information content (AvgIpc) is 2.36. The highest BCUT2D eigenvalue weighted by molar-refractivity contribution is 5.29. The fourth-order valence-corrected chi connectivity index (χ4v) is 1.96. The highest BCUT2D eigenvalue weighted by Crippen LogP contribution is 2.23. The van der Waals surface area contributed by atoms with Gasteiger partial charge in [0.15, 0.2) is 0 Å². The van der Waals surface area contributed by atoms with Gasteiger partial charge in [-0.3, -0.25) is 0 Å². The zero-order valence-electron chi connectivity index (χ0n) is 10.5. The highest BCUT2D eigenvalue weighted by atomic mass is 19.1. The number of nitrogens with two attached hydrogens (primary N) is 1. The molecule has 0 radical (unpaired) electrons. The lowest BCUT2D eigenvalue weighted by Crippen LogP contribution is -2.16. The van der Waals surface area contributed by atoms with Crippen LogP contribution in [0, 0.1) is 24.4 Å². The standard InChI is InChI=1S/C15H14F3N/c1-9-6-14(18)11(8-13(9)17)15(19)7-10-4-2-3-5-12(10)16/h2-6,8,15H,7,19H2,1H3. The summed E-state index contributed by atoms with van der Waals surface area (Å²) in [6, 6.07) is 7.54. The van der Waals surface area contributed by atoms with E-state index in [1.165, 1.54) is 13.0 Å². The van der Waals surface area contributed by atoms with Gasteiger partial charge in [-0.15, -0.1) is 0 Å². The fourth-order valence-electron chi connectivity index (χ4n) is 1.96. The summed E-state index contributed by atoms with van der Waals surface area (Å²) in [4.78, 5) is 0. The van der Waals surface area contributed by atoms with E-state index in [1.54, 1.807) is 18.2 Å². The predicted molar refractivity (Wildman–Crippen MR) is 68.1 cm³/mol. The number of benzene rings is 2. The van der Waals surface area contributed by atoms with Crippen LogP contribution in [-0.4, -0.2) is 0 Å². The minimum Gasteiger partial charge on any atom is -0.324 e. The summed E-state index contributed by atoms with van der Waals surface area (Å²) in [6.07, 6.45) is 0.117. The molecule has 2 aromatic carbocycles. The van der Waals surface area contributed by atoms with Crippen molar-refractivity contribution in [3.05, 3.63) is 70.5 Å². The number of aryl methyl sites for hydroxylation is 1. The van der Waals surface area contributed by atoms with Gasteiger partial charge in [0.05, 0.1) is 0 Å². The molecular weight excluding hydrogens is 251 g/mol. The normalized spacial score (nSPS) is 12.5. The van der Waals surface area contributed by atoms with Gasteiger partial charge in [0.1, 0.15) is 17.5 Å². The first-order chi connectivity index (χ1) is 8.99. The molecule has 1 unspecified atom stereocenters. The summed E-state index contributed by atoms with van der Waals surface area (Å²) < 4.78 is 40.7. The SMILES string of the molecule is Cc1cc(F)c(C(N)Cc2ccccc2F)cc1F. The van der Waals surface area contributed by atoms with E-state index < -0.39 is 23.5 Å². The Labute approximate surface area is 109 Å². The van der Waals surface area contributed by atoms with E-state index >= 15 is 0 Å². The van der Waals surface area contributed by atoms with E-state index in [1.807, 2.05) is 0 Å². The number of hydrogen-bond acceptors (Lipinski definition) is 1. The van der Waals surface area contributed by atoms with Crippen molar-refractivity contribution in [3.8, 4) is 0 Å². The van der Waals surface area contributed by atoms with Crippen LogP contribution in [-0.2, 0) is 6.42 Å². The molecule has 4 heteroatoms. The Morgan fingerprint density at radius 3 is 2.37 bits per heavy atom. The number of halogens is 3. The van der Waals surface area contributed by atoms with Crippen molar-refractivity contribution >= 4 is 0 Å². The van der Waals surface area contributed by atoms with E-state index in [0.29, 0.717) is 5.56 Å². The molecule has 0 saturated heterocycles. The second-order valence-electron chi connectivity index (χ2n) is 4.52. The molecule has 0 spiro atoms. The van der Waals surface area contributed by atoms with Crippen molar-refractivity contribution in [1.29, 1.82) is 0 Å². The topological polar surface area (TPSA) is 26.0 Å². The second kappa shape index (κ2) is 5.45. The van der Waals surface area contributed by atoms with Crippen molar-refractivity contribution in [2.24, 2.45) is 5.73 Å². The number of rotatable bonds is 3. The first-order valence-corrected chi connectivity index (χ1v) is 5.93. The van der Waals surface area contributed by atoms with Crippen molar-refractivity contribution in [3.63, 3.8) is 0 Å². The van der Waals surface area contributed by atoms with Gasteiger partial charge in [0.25, 0.3) is 0 Å². The van der Waals surface area contributed by atoms with Gasteiger partial charge in [-0.25, -0.2) is 13.2 Å². The average molecular weight is 265 g/mol. The molecule has 0 amide bonds. The van der Waals surface area contributed by atoms with Crippen LogP contribution in [0.1, 0.15) is 22.7 Å². The summed E-state index contributed by atoms with van der Waals surface area (Å²) in [7, 11) is 0. The summed E-state index contributed by atoms with van der Waals surface area (Å²) in [5.41, 5.74) is 6.51. The molecule has 0 aliphatic carbocycles. The monoisotopic (exact) mass is 265 g/mol. The first kappa shape index (κ1) is 13.6. The van der Waals surface area contributed by atoms with E-state index in [-0.39, 0.29) is 17.5 Å². The summed E-state index contributed by atoms with van der Waals surface area (Å²) in [5.74, 6) is -1.48. The smallest absolute Gasteiger partial charge is 0.128 e. The zero-order chi connectivity index (χ0) is 14.0. The lowest BCUT2D eigenvalue weighted by atomic mass is 9.98. The summed E-state index contributed by atoms with van der Waals surface area (Å²) >= 11 is 0. The van der Waals surface area contributed by atoms with Crippen molar-refractivity contribution < 1.29 is 13.2 Å². The maximum Gasteiger partial charge on any atom is 0.128 e. The van der Waals surface area contributed by atoms with E-state index in [4.69, 9.17) is 5.73 Å². The summed E-state index contributed by atoms with van der Waals surface area (Å²) in [5, 5.41) is 0. The lowest BCUT2D eigenvalue weighted by molar-refractivity contribution is 0.547. The molecule has 0 saturated carbocycles. The Balaban J connectivity index is 2.28. The van der Waals surface area contributed by atoms with Gasteiger partial charge in [-0.2, -0.15) is 0 Å². The van der Waals surface area contributed by atoms with Crippen molar-refractivity contribution in [2.45, 2.75) is 19.4 Å². The first-order valence-electron chi connectivity index (χ1n) is 5.93. The van der Waals surface area contributed by atoms with Crippen LogP contribution < -0.4 is 5.73 Å².